The lowest BCUT2D eigenvalue weighted by atomic mass is 9.98. The first kappa shape index (κ1) is 24.9. The summed E-state index contributed by atoms with van der Waals surface area (Å²) in [6.45, 7) is 4.37. The van der Waals surface area contributed by atoms with Crippen molar-refractivity contribution in [1.82, 2.24) is 10.3 Å². The first-order valence-electron chi connectivity index (χ1n) is 11.9. The van der Waals surface area contributed by atoms with E-state index in [-0.39, 0.29) is 10.9 Å². The van der Waals surface area contributed by atoms with Crippen molar-refractivity contribution in [1.29, 1.82) is 0 Å². The Kier molecular flexibility index (Phi) is 7.21. The summed E-state index contributed by atoms with van der Waals surface area (Å²) in [7, 11) is 0. The van der Waals surface area contributed by atoms with Gasteiger partial charge in [-0.2, -0.15) is 0 Å². The normalized spacial score (nSPS) is 11.9. The van der Waals surface area contributed by atoms with E-state index in [2.05, 4.69) is 57.5 Å². The average Bonchev–Trinajstić information content (AvgIpc) is 3.56. The van der Waals surface area contributed by atoms with Crippen molar-refractivity contribution in [3.63, 3.8) is 0 Å². The number of carbonyl (C=O) groups is 1. The first-order valence-corrected chi connectivity index (χ1v) is 13.1. The van der Waals surface area contributed by atoms with E-state index in [1.54, 1.807) is 12.1 Å². The van der Waals surface area contributed by atoms with Gasteiger partial charge in [0.05, 0.1) is 0 Å². The molecule has 37 heavy (non-hydrogen) atoms. The average molecular weight is 575 g/mol. The Balaban J connectivity index is 1.26. The molecule has 0 fully saturated rings. The highest BCUT2D eigenvalue weighted by atomic mass is 79.9. The van der Waals surface area contributed by atoms with Gasteiger partial charge < -0.3 is 14.2 Å². The molecule has 2 heterocycles. The van der Waals surface area contributed by atoms with Crippen molar-refractivity contribution in [2.45, 2.75) is 26.2 Å². The summed E-state index contributed by atoms with van der Waals surface area (Å²) >= 11 is 8.77. The summed E-state index contributed by atoms with van der Waals surface area (Å²) in [5, 5.41) is 5.86. The van der Waals surface area contributed by atoms with Gasteiger partial charge in [0.1, 0.15) is 11.3 Å². The highest BCUT2D eigenvalue weighted by molar-refractivity contribution is 9.10. The number of aromatic nitrogens is 1. The Morgan fingerprint density at radius 1 is 1.00 bits per heavy atom. The largest absolute Gasteiger partial charge is 0.451 e. The summed E-state index contributed by atoms with van der Waals surface area (Å²) in [5.41, 5.74) is 5.17. The molecule has 0 aliphatic rings. The Bertz CT molecular complexity index is 1590. The van der Waals surface area contributed by atoms with Gasteiger partial charge in [0.2, 0.25) is 5.89 Å². The van der Waals surface area contributed by atoms with Crippen molar-refractivity contribution < 1.29 is 13.6 Å². The molecule has 5 rings (SSSR count). The van der Waals surface area contributed by atoms with Crippen LogP contribution in [0.3, 0.4) is 0 Å². The van der Waals surface area contributed by atoms with Crippen LogP contribution in [0.2, 0.25) is 0 Å². The highest BCUT2D eigenvalue weighted by Gasteiger charge is 2.15. The summed E-state index contributed by atoms with van der Waals surface area (Å²) in [5.74, 6) is 1.30. The van der Waals surface area contributed by atoms with Crippen molar-refractivity contribution >= 4 is 56.0 Å². The minimum atomic E-state index is -0.437. The first-order chi connectivity index (χ1) is 17.9. The number of fused-ring (bicyclic) bond motifs is 1. The van der Waals surface area contributed by atoms with Crippen LogP contribution in [-0.4, -0.2) is 16.0 Å². The second-order valence-electron chi connectivity index (χ2n) is 8.72. The van der Waals surface area contributed by atoms with E-state index in [4.69, 9.17) is 21.1 Å². The Hall–Kier alpha value is -3.75. The van der Waals surface area contributed by atoms with Crippen molar-refractivity contribution in [2.24, 2.45) is 0 Å². The third-order valence-corrected chi connectivity index (χ3v) is 6.88. The van der Waals surface area contributed by atoms with Crippen molar-refractivity contribution in [3.8, 4) is 22.8 Å². The number of hydrogen-bond donors (Lipinski definition) is 2. The fourth-order valence-corrected chi connectivity index (χ4v) is 4.37. The van der Waals surface area contributed by atoms with Gasteiger partial charge in [-0.05, 0) is 84.7 Å². The molecule has 0 bridgehead atoms. The molecule has 6 nitrogen and oxygen atoms in total. The summed E-state index contributed by atoms with van der Waals surface area (Å²) in [6, 6.07) is 24.7. The van der Waals surface area contributed by atoms with Crippen LogP contribution in [0, 0.1) is 0 Å². The molecule has 1 atom stereocenters. The maximum absolute atomic E-state index is 12.7. The molecule has 0 spiro atoms. The number of oxazole rings is 1. The van der Waals surface area contributed by atoms with Gasteiger partial charge >= 0.3 is 0 Å². The molecule has 186 valence electrons. The summed E-state index contributed by atoms with van der Waals surface area (Å²) < 4.78 is 12.7. The van der Waals surface area contributed by atoms with E-state index < -0.39 is 5.91 Å². The molecule has 5 aromatic rings. The van der Waals surface area contributed by atoms with Crippen LogP contribution in [0.1, 0.15) is 42.3 Å². The van der Waals surface area contributed by atoms with E-state index in [0.29, 0.717) is 23.3 Å². The van der Waals surface area contributed by atoms with Crippen LogP contribution in [0.5, 0.6) is 0 Å². The maximum atomic E-state index is 12.7. The van der Waals surface area contributed by atoms with Crippen LogP contribution in [-0.2, 0) is 0 Å². The van der Waals surface area contributed by atoms with Gasteiger partial charge in [-0.3, -0.25) is 10.1 Å². The zero-order chi connectivity index (χ0) is 25.9. The summed E-state index contributed by atoms with van der Waals surface area (Å²) in [6.07, 6.45) is 1.06. The van der Waals surface area contributed by atoms with E-state index in [1.807, 2.05) is 54.6 Å². The molecule has 3 aromatic carbocycles. The quantitative estimate of drug-likeness (QED) is 0.199. The van der Waals surface area contributed by atoms with Crippen LogP contribution >= 0.6 is 28.1 Å². The highest BCUT2D eigenvalue weighted by Crippen LogP contribution is 2.29. The Morgan fingerprint density at radius 2 is 1.81 bits per heavy atom. The van der Waals surface area contributed by atoms with Gasteiger partial charge in [-0.1, -0.05) is 54.0 Å². The predicted octanol–water partition coefficient (Wildman–Crippen LogP) is 8.16. The predicted molar refractivity (Wildman–Crippen MR) is 154 cm³/mol. The van der Waals surface area contributed by atoms with Crippen molar-refractivity contribution in [2.75, 3.05) is 5.32 Å². The van der Waals surface area contributed by atoms with Crippen molar-refractivity contribution in [3.05, 3.63) is 94.7 Å². The topological polar surface area (TPSA) is 80.3 Å². The molecule has 0 aliphatic heterocycles. The van der Waals surface area contributed by atoms with Gasteiger partial charge in [-0.15, -0.1) is 0 Å². The second-order valence-corrected chi connectivity index (χ2v) is 10.0. The molecule has 0 aliphatic carbocycles. The molecule has 0 saturated carbocycles. The standard InChI is InChI=1S/C29H24BrN3O3S/c1-3-17(2)19-9-12-25-23(16-19)32-28(36-25)20-5-4-6-22(15-20)31-29(37)33-27(34)26-14-13-24(35-26)18-7-10-21(30)11-8-18/h4-17H,3H2,1-2H3,(H2,31,33,34,37)/t17-/m0/s1. The fourth-order valence-electron chi connectivity index (χ4n) is 3.90. The molecule has 0 saturated heterocycles. The minimum absolute atomic E-state index is 0.152. The molecule has 1 amide bonds. The number of anilines is 1. The van der Waals surface area contributed by atoms with E-state index in [0.717, 1.165) is 33.1 Å². The minimum Gasteiger partial charge on any atom is -0.451 e. The number of benzene rings is 3. The number of halogens is 1. The Labute approximate surface area is 228 Å². The number of amides is 1. The van der Waals surface area contributed by atoms with Gasteiger partial charge in [0, 0.05) is 21.3 Å². The van der Waals surface area contributed by atoms with Crippen LogP contribution < -0.4 is 10.6 Å². The number of thiocarbonyl (C=S) groups is 1. The Morgan fingerprint density at radius 3 is 2.59 bits per heavy atom. The number of nitrogens with one attached hydrogen (secondary N) is 2. The SMILES string of the molecule is CC[C@H](C)c1ccc2oc(-c3cccc(NC(=S)NC(=O)c4ccc(-c5ccc(Br)cc5)o4)c3)nc2c1. The maximum Gasteiger partial charge on any atom is 0.293 e. The second kappa shape index (κ2) is 10.7. The zero-order valence-corrected chi connectivity index (χ0v) is 22.7. The van der Waals surface area contributed by atoms with E-state index in [9.17, 15) is 4.79 Å². The smallest absolute Gasteiger partial charge is 0.293 e. The fraction of sp³-hybridized carbons (Fsp3) is 0.138. The third kappa shape index (κ3) is 5.65. The number of hydrogen-bond acceptors (Lipinski definition) is 5. The number of rotatable bonds is 6. The summed E-state index contributed by atoms with van der Waals surface area (Å²) in [4.78, 5) is 17.4. The zero-order valence-electron chi connectivity index (χ0n) is 20.2. The van der Waals surface area contributed by atoms with Gasteiger partial charge in [-0.25, -0.2) is 4.98 Å². The lowest BCUT2D eigenvalue weighted by Gasteiger charge is -2.09. The lowest BCUT2D eigenvalue weighted by Crippen LogP contribution is -2.33. The molecule has 2 aromatic heterocycles. The van der Waals surface area contributed by atoms with Crippen LogP contribution in [0.4, 0.5) is 5.69 Å². The molecule has 0 unspecified atom stereocenters. The van der Waals surface area contributed by atoms with Gasteiger partial charge in [0.25, 0.3) is 5.91 Å². The number of furan rings is 1. The molecular weight excluding hydrogens is 550 g/mol. The van der Waals surface area contributed by atoms with E-state index in [1.165, 1.54) is 5.56 Å². The third-order valence-electron chi connectivity index (χ3n) is 6.15. The monoisotopic (exact) mass is 573 g/mol. The number of carbonyl (C=O) groups excluding carboxylic acids is 1. The number of nitrogens with zero attached hydrogens (tertiary/aromatic N) is 1. The lowest BCUT2D eigenvalue weighted by molar-refractivity contribution is 0.0951. The molecule has 8 heteroatoms. The van der Waals surface area contributed by atoms with Crippen LogP contribution in [0.25, 0.3) is 33.9 Å². The molecule has 0 radical (unpaired) electrons. The van der Waals surface area contributed by atoms with E-state index >= 15 is 0 Å². The molecule has 2 N–H and O–H groups in total. The molecular formula is C29H24BrN3O3S. The van der Waals surface area contributed by atoms with Gasteiger partial charge in [0.15, 0.2) is 16.5 Å². The van der Waals surface area contributed by atoms with Crippen LogP contribution in [0.15, 0.2) is 92.2 Å².